The van der Waals surface area contributed by atoms with Gasteiger partial charge in [0, 0.05) is 19.3 Å². The smallest absolute Gasteiger partial charge is 0.306 e. The number of hydrogen-bond acceptors (Lipinski definition) is 6. The molecule has 0 radical (unpaired) electrons. The first-order valence-corrected chi connectivity index (χ1v) is 27.4. The first kappa shape index (κ1) is 61.9. The van der Waals surface area contributed by atoms with Crippen LogP contribution in [0.2, 0.25) is 0 Å². The summed E-state index contributed by atoms with van der Waals surface area (Å²) in [7, 11) is 0. The summed E-state index contributed by atoms with van der Waals surface area (Å²) in [5.74, 6) is -0.923. The summed E-state index contributed by atoms with van der Waals surface area (Å²) in [6, 6.07) is 0. The van der Waals surface area contributed by atoms with Gasteiger partial charge in [0.05, 0.1) is 0 Å². The summed E-state index contributed by atoms with van der Waals surface area (Å²) < 4.78 is 16.8. The van der Waals surface area contributed by atoms with E-state index in [0.717, 1.165) is 96.3 Å². The van der Waals surface area contributed by atoms with Gasteiger partial charge in [0.25, 0.3) is 0 Å². The first-order chi connectivity index (χ1) is 32.0. The average molecular weight is 907 g/mol. The molecular formula is C59H102O6. The second-order valence-electron chi connectivity index (χ2n) is 18.1. The molecule has 65 heavy (non-hydrogen) atoms. The van der Waals surface area contributed by atoms with Crippen molar-refractivity contribution in [3.8, 4) is 0 Å². The van der Waals surface area contributed by atoms with Gasteiger partial charge in [-0.25, -0.2) is 0 Å². The molecule has 0 N–H and O–H groups in total. The fourth-order valence-corrected chi connectivity index (χ4v) is 7.62. The minimum Gasteiger partial charge on any atom is -0.462 e. The van der Waals surface area contributed by atoms with Crippen molar-refractivity contribution in [2.75, 3.05) is 13.2 Å². The Morgan fingerprint density at radius 1 is 0.323 bits per heavy atom. The van der Waals surface area contributed by atoms with Crippen LogP contribution in [0.1, 0.15) is 265 Å². The molecule has 0 aliphatic heterocycles. The third kappa shape index (κ3) is 51.7. The number of allylic oxidation sites excluding steroid dienone is 12. The predicted octanol–water partition coefficient (Wildman–Crippen LogP) is 18.2. The van der Waals surface area contributed by atoms with E-state index in [2.05, 4.69) is 93.7 Å². The van der Waals surface area contributed by atoms with Crippen LogP contribution in [-0.4, -0.2) is 37.2 Å². The molecule has 0 aromatic heterocycles. The van der Waals surface area contributed by atoms with Crippen molar-refractivity contribution in [2.45, 2.75) is 271 Å². The van der Waals surface area contributed by atoms with Crippen molar-refractivity contribution in [3.63, 3.8) is 0 Å². The third-order valence-electron chi connectivity index (χ3n) is 11.7. The number of hydrogen-bond donors (Lipinski definition) is 0. The zero-order valence-electron chi connectivity index (χ0n) is 42.7. The van der Waals surface area contributed by atoms with Crippen LogP contribution in [0.4, 0.5) is 0 Å². The number of rotatable bonds is 49. The van der Waals surface area contributed by atoms with Gasteiger partial charge in [-0.2, -0.15) is 0 Å². The summed E-state index contributed by atoms with van der Waals surface area (Å²) in [4.78, 5) is 38.0. The zero-order chi connectivity index (χ0) is 47.2. The highest BCUT2D eigenvalue weighted by atomic mass is 16.6. The van der Waals surface area contributed by atoms with E-state index < -0.39 is 6.10 Å². The molecule has 0 heterocycles. The maximum Gasteiger partial charge on any atom is 0.306 e. The summed E-state index contributed by atoms with van der Waals surface area (Å²) in [6.07, 6.45) is 67.4. The van der Waals surface area contributed by atoms with Gasteiger partial charge in [0.15, 0.2) is 6.10 Å². The van der Waals surface area contributed by atoms with Crippen LogP contribution < -0.4 is 0 Å². The fraction of sp³-hybridized carbons (Fsp3) is 0.746. The Kier molecular flexibility index (Phi) is 50.9. The van der Waals surface area contributed by atoms with Gasteiger partial charge in [-0.05, 0) is 70.6 Å². The van der Waals surface area contributed by atoms with Crippen LogP contribution in [0, 0.1) is 0 Å². The van der Waals surface area contributed by atoms with E-state index in [0.29, 0.717) is 19.3 Å². The second-order valence-corrected chi connectivity index (χ2v) is 18.1. The van der Waals surface area contributed by atoms with Crippen molar-refractivity contribution < 1.29 is 28.6 Å². The lowest BCUT2D eigenvalue weighted by Crippen LogP contribution is -2.30. The molecule has 0 spiro atoms. The van der Waals surface area contributed by atoms with Crippen molar-refractivity contribution >= 4 is 17.9 Å². The van der Waals surface area contributed by atoms with Crippen molar-refractivity contribution in [2.24, 2.45) is 0 Å². The van der Waals surface area contributed by atoms with E-state index >= 15 is 0 Å². The van der Waals surface area contributed by atoms with E-state index in [9.17, 15) is 14.4 Å². The average Bonchev–Trinajstić information content (AvgIpc) is 3.30. The van der Waals surface area contributed by atoms with E-state index in [-0.39, 0.29) is 31.1 Å². The van der Waals surface area contributed by atoms with Gasteiger partial charge in [0.2, 0.25) is 0 Å². The molecule has 0 saturated heterocycles. The topological polar surface area (TPSA) is 78.9 Å². The fourth-order valence-electron chi connectivity index (χ4n) is 7.62. The predicted molar refractivity (Wildman–Crippen MR) is 279 cm³/mol. The Balaban J connectivity index is 4.42. The monoisotopic (exact) mass is 907 g/mol. The van der Waals surface area contributed by atoms with Crippen molar-refractivity contribution in [1.82, 2.24) is 0 Å². The summed E-state index contributed by atoms with van der Waals surface area (Å²) >= 11 is 0. The lowest BCUT2D eigenvalue weighted by molar-refractivity contribution is -0.167. The van der Waals surface area contributed by atoms with E-state index in [1.54, 1.807) is 0 Å². The molecule has 0 amide bonds. The van der Waals surface area contributed by atoms with Gasteiger partial charge in [0.1, 0.15) is 13.2 Å². The molecule has 0 aliphatic rings. The second kappa shape index (κ2) is 53.5. The Morgan fingerprint density at radius 3 is 0.938 bits per heavy atom. The number of carbonyl (C=O) groups is 3. The molecule has 0 aliphatic carbocycles. The molecule has 6 nitrogen and oxygen atoms in total. The van der Waals surface area contributed by atoms with Crippen LogP contribution in [0.3, 0.4) is 0 Å². The summed E-state index contributed by atoms with van der Waals surface area (Å²) in [6.45, 7) is 6.50. The quantitative estimate of drug-likeness (QED) is 0.0262. The molecule has 0 aromatic carbocycles. The Bertz CT molecular complexity index is 1230. The largest absolute Gasteiger partial charge is 0.462 e. The highest BCUT2D eigenvalue weighted by Crippen LogP contribution is 2.16. The van der Waals surface area contributed by atoms with E-state index in [4.69, 9.17) is 14.2 Å². The molecule has 0 aromatic rings. The maximum absolute atomic E-state index is 12.8. The minimum absolute atomic E-state index is 0.0858. The Morgan fingerprint density at radius 2 is 0.600 bits per heavy atom. The van der Waals surface area contributed by atoms with Gasteiger partial charge < -0.3 is 14.2 Å². The number of ether oxygens (including phenoxy) is 3. The van der Waals surface area contributed by atoms with Gasteiger partial charge in [-0.1, -0.05) is 248 Å². The highest BCUT2D eigenvalue weighted by Gasteiger charge is 2.19. The van der Waals surface area contributed by atoms with Crippen LogP contribution in [0.5, 0.6) is 0 Å². The SMILES string of the molecule is CC/C=C\C/C=C\C/C=C\C/C=C\C/C=C\C/C=C\CCCCC(=O)OCC(COC(=O)CCCCCCCCCCCCCC)OC(=O)CCCCCCCCCCCCCCCC. The lowest BCUT2D eigenvalue weighted by Gasteiger charge is -2.18. The Hall–Kier alpha value is -3.15. The molecular weight excluding hydrogens is 805 g/mol. The number of carbonyl (C=O) groups excluding carboxylic acids is 3. The van der Waals surface area contributed by atoms with E-state index in [1.165, 1.54) is 128 Å². The first-order valence-electron chi connectivity index (χ1n) is 27.4. The molecule has 6 heteroatoms. The number of unbranched alkanes of at least 4 members (excludes halogenated alkanes) is 26. The normalized spacial score (nSPS) is 12.6. The van der Waals surface area contributed by atoms with Crippen molar-refractivity contribution in [3.05, 3.63) is 72.9 Å². The van der Waals surface area contributed by atoms with Gasteiger partial charge >= 0.3 is 17.9 Å². The van der Waals surface area contributed by atoms with Crippen LogP contribution >= 0.6 is 0 Å². The van der Waals surface area contributed by atoms with Gasteiger partial charge in [-0.15, -0.1) is 0 Å². The summed E-state index contributed by atoms with van der Waals surface area (Å²) in [5, 5.41) is 0. The maximum atomic E-state index is 12.8. The Labute approximate surface area is 402 Å². The van der Waals surface area contributed by atoms with Crippen LogP contribution in [0.15, 0.2) is 72.9 Å². The molecule has 374 valence electrons. The van der Waals surface area contributed by atoms with Crippen molar-refractivity contribution in [1.29, 1.82) is 0 Å². The van der Waals surface area contributed by atoms with Gasteiger partial charge in [-0.3, -0.25) is 14.4 Å². The van der Waals surface area contributed by atoms with Crippen LogP contribution in [0.25, 0.3) is 0 Å². The molecule has 1 atom stereocenters. The minimum atomic E-state index is -0.789. The highest BCUT2D eigenvalue weighted by molar-refractivity contribution is 5.71. The third-order valence-corrected chi connectivity index (χ3v) is 11.7. The molecule has 0 bridgehead atoms. The number of esters is 3. The van der Waals surface area contributed by atoms with E-state index in [1.807, 2.05) is 0 Å². The molecule has 0 fully saturated rings. The molecule has 1 unspecified atom stereocenters. The summed E-state index contributed by atoms with van der Waals surface area (Å²) in [5.41, 5.74) is 0. The zero-order valence-corrected chi connectivity index (χ0v) is 42.7. The lowest BCUT2D eigenvalue weighted by atomic mass is 10.0. The standard InChI is InChI=1S/C59H102O6/c1-4-7-10-13-16-19-22-25-27-28-29-30-31-32-33-35-37-40-43-46-49-52-58(61)64-55-56(54-63-57(60)51-48-45-42-39-36-24-21-18-15-12-9-6-3)65-59(62)53-50-47-44-41-38-34-26-23-20-17-14-11-8-5-2/h7,10,16,19,25,27,29-30,32-33,37,40,56H,4-6,8-9,11-15,17-18,20-24,26,28,31,34-36,38-39,41-55H2,1-3H3/b10-7-,19-16-,27-25-,30-29-,33-32-,40-37-. The molecule has 0 saturated carbocycles. The van der Waals surface area contributed by atoms with Crippen LogP contribution in [-0.2, 0) is 28.6 Å². The molecule has 0 rings (SSSR count).